The minimum atomic E-state index is -4.04. The standard InChI is InChI=1S/C13H12FN5O2S/c14-10-3-1-5-12(9(10)7-15)22(20,21)18-11-4-2-6-19-13(11)16-8-17-19/h1,3,5,8,11,18H,2,4,6H2/t11-/m0/s1. The van der Waals surface area contributed by atoms with E-state index in [0.29, 0.717) is 18.8 Å². The van der Waals surface area contributed by atoms with Crippen LogP contribution in [0.5, 0.6) is 0 Å². The Morgan fingerprint density at radius 2 is 2.27 bits per heavy atom. The average Bonchev–Trinajstić information content (AvgIpc) is 2.96. The Balaban J connectivity index is 1.97. The van der Waals surface area contributed by atoms with Gasteiger partial charge in [0.2, 0.25) is 10.0 Å². The summed E-state index contributed by atoms with van der Waals surface area (Å²) in [7, 11) is -4.04. The summed E-state index contributed by atoms with van der Waals surface area (Å²) >= 11 is 0. The van der Waals surface area contributed by atoms with Crippen molar-refractivity contribution in [2.24, 2.45) is 0 Å². The predicted octanol–water partition coefficient (Wildman–Crippen LogP) is 1.10. The molecule has 2 aromatic rings. The van der Waals surface area contributed by atoms with Crippen LogP contribution in [0.1, 0.15) is 30.3 Å². The normalized spacial score (nSPS) is 17.7. The monoisotopic (exact) mass is 321 g/mol. The lowest BCUT2D eigenvalue weighted by Crippen LogP contribution is -2.33. The Hall–Kier alpha value is -2.31. The van der Waals surface area contributed by atoms with Crippen LogP contribution in [-0.2, 0) is 16.6 Å². The van der Waals surface area contributed by atoms with Gasteiger partial charge in [-0.3, -0.25) is 0 Å². The molecule has 0 aliphatic carbocycles. The number of hydrogen-bond acceptors (Lipinski definition) is 5. The minimum Gasteiger partial charge on any atom is -0.248 e. The van der Waals surface area contributed by atoms with Gasteiger partial charge in [0.25, 0.3) is 0 Å². The zero-order valence-electron chi connectivity index (χ0n) is 11.4. The number of aryl methyl sites for hydroxylation is 1. The molecule has 1 aromatic carbocycles. The Bertz CT molecular complexity index is 856. The number of aromatic nitrogens is 3. The van der Waals surface area contributed by atoms with Crippen LogP contribution < -0.4 is 4.72 Å². The van der Waals surface area contributed by atoms with E-state index in [2.05, 4.69) is 14.8 Å². The summed E-state index contributed by atoms with van der Waals surface area (Å²) in [6.45, 7) is 0.678. The van der Waals surface area contributed by atoms with Crippen LogP contribution in [0.15, 0.2) is 29.4 Å². The van der Waals surface area contributed by atoms with Gasteiger partial charge in [-0.05, 0) is 25.0 Å². The van der Waals surface area contributed by atoms with Crippen LogP contribution in [0.3, 0.4) is 0 Å². The van der Waals surface area contributed by atoms with Crippen molar-refractivity contribution in [3.8, 4) is 6.07 Å². The molecule has 0 radical (unpaired) electrons. The molecule has 2 heterocycles. The van der Waals surface area contributed by atoms with Crippen molar-refractivity contribution in [1.82, 2.24) is 19.5 Å². The number of benzene rings is 1. The number of nitrogens with one attached hydrogen (secondary N) is 1. The summed E-state index contributed by atoms with van der Waals surface area (Å²) in [4.78, 5) is 3.69. The molecule has 3 rings (SSSR count). The highest BCUT2D eigenvalue weighted by Gasteiger charge is 2.29. The molecule has 0 fully saturated rings. The molecular weight excluding hydrogens is 309 g/mol. The van der Waals surface area contributed by atoms with Crippen molar-refractivity contribution in [2.45, 2.75) is 30.3 Å². The van der Waals surface area contributed by atoms with E-state index in [1.807, 2.05) is 0 Å². The first-order chi connectivity index (χ1) is 10.5. The van der Waals surface area contributed by atoms with Gasteiger partial charge in [-0.15, -0.1) is 0 Å². The maximum Gasteiger partial charge on any atom is 0.242 e. The van der Waals surface area contributed by atoms with E-state index in [-0.39, 0.29) is 4.90 Å². The second-order valence-electron chi connectivity index (χ2n) is 4.88. The fourth-order valence-electron chi connectivity index (χ4n) is 2.49. The van der Waals surface area contributed by atoms with Crippen LogP contribution >= 0.6 is 0 Å². The Kier molecular flexibility index (Phi) is 3.64. The fourth-order valence-corrected chi connectivity index (χ4v) is 3.88. The molecule has 1 N–H and O–H groups in total. The van der Waals surface area contributed by atoms with Gasteiger partial charge in [-0.1, -0.05) is 6.07 Å². The molecule has 1 atom stereocenters. The first-order valence-corrected chi connectivity index (χ1v) is 8.10. The van der Waals surface area contributed by atoms with E-state index >= 15 is 0 Å². The van der Waals surface area contributed by atoms with Crippen LogP contribution in [0.2, 0.25) is 0 Å². The van der Waals surface area contributed by atoms with E-state index in [9.17, 15) is 12.8 Å². The molecule has 0 unspecified atom stereocenters. The van der Waals surface area contributed by atoms with Crippen LogP contribution in [-0.4, -0.2) is 23.2 Å². The summed E-state index contributed by atoms with van der Waals surface area (Å²) in [5.74, 6) is -0.345. The lowest BCUT2D eigenvalue weighted by Gasteiger charge is -2.23. The Morgan fingerprint density at radius 1 is 1.45 bits per heavy atom. The second-order valence-corrected chi connectivity index (χ2v) is 6.56. The van der Waals surface area contributed by atoms with Gasteiger partial charge in [0.1, 0.15) is 34.5 Å². The highest BCUT2D eigenvalue weighted by molar-refractivity contribution is 7.89. The maximum absolute atomic E-state index is 13.6. The maximum atomic E-state index is 13.6. The number of fused-ring (bicyclic) bond motifs is 1. The lowest BCUT2D eigenvalue weighted by molar-refractivity contribution is 0.400. The molecule has 114 valence electrons. The number of nitrogens with zero attached hydrogens (tertiary/aromatic N) is 4. The summed E-state index contributed by atoms with van der Waals surface area (Å²) in [5.41, 5.74) is -0.493. The molecule has 1 aromatic heterocycles. The third-order valence-electron chi connectivity index (χ3n) is 3.49. The smallest absolute Gasteiger partial charge is 0.242 e. The minimum absolute atomic E-state index is 0.369. The molecule has 7 nitrogen and oxygen atoms in total. The highest BCUT2D eigenvalue weighted by atomic mass is 32.2. The van der Waals surface area contributed by atoms with Crippen molar-refractivity contribution < 1.29 is 12.8 Å². The molecule has 0 amide bonds. The van der Waals surface area contributed by atoms with Crippen molar-refractivity contribution in [3.05, 3.63) is 41.7 Å². The number of halogens is 1. The second kappa shape index (κ2) is 5.47. The zero-order chi connectivity index (χ0) is 15.7. The molecule has 0 saturated carbocycles. The van der Waals surface area contributed by atoms with Crippen molar-refractivity contribution in [1.29, 1.82) is 5.26 Å². The predicted molar refractivity (Wildman–Crippen MR) is 73.4 cm³/mol. The summed E-state index contributed by atoms with van der Waals surface area (Å²) < 4.78 is 42.7. The van der Waals surface area contributed by atoms with Crippen molar-refractivity contribution in [2.75, 3.05) is 0 Å². The van der Waals surface area contributed by atoms with Crippen molar-refractivity contribution in [3.63, 3.8) is 0 Å². The van der Waals surface area contributed by atoms with Gasteiger partial charge in [0, 0.05) is 6.54 Å². The largest absolute Gasteiger partial charge is 0.248 e. The lowest BCUT2D eigenvalue weighted by atomic mass is 10.1. The molecule has 0 saturated heterocycles. The van der Waals surface area contributed by atoms with Crippen LogP contribution in [0.25, 0.3) is 0 Å². The first kappa shape index (κ1) is 14.6. The summed E-state index contributed by atoms with van der Waals surface area (Å²) in [5, 5.41) is 13.0. The first-order valence-electron chi connectivity index (χ1n) is 6.61. The van der Waals surface area contributed by atoms with E-state index in [0.717, 1.165) is 12.5 Å². The van der Waals surface area contributed by atoms with Gasteiger partial charge in [0.05, 0.1) is 6.04 Å². The summed E-state index contributed by atoms with van der Waals surface area (Å²) in [6, 6.07) is 4.56. The van der Waals surface area contributed by atoms with Gasteiger partial charge >= 0.3 is 0 Å². The molecular formula is C13H12FN5O2S. The number of hydrogen-bond donors (Lipinski definition) is 1. The third-order valence-corrected chi connectivity index (χ3v) is 5.01. The molecule has 1 aliphatic rings. The van der Waals surface area contributed by atoms with Crippen LogP contribution in [0, 0.1) is 17.1 Å². The molecule has 22 heavy (non-hydrogen) atoms. The average molecular weight is 321 g/mol. The Labute approximate surface area is 126 Å². The van der Waals surface area contributed by atoms with E-state index in [1.165, 1.54) is 18.5 Å². The quantitative estimate of drug-likeness (QED) is 0.912. The Morgan fingerprint density at radius 3 is 3.05 bits per heavy atom. The highest BCUT2D eigenvalue weighted by Crippen LogP contribution is 2.26. The molecule has 1 aliphatic heterocycles. The third kappa shape index (κ3) is 2.47. The number of sulfonamides is 1. The summed E-state index contributed by atoms with van der Waals surface area (Å²) in [6.07, 6.45) is 2.68. The van der Waals surface area contributed by atoms with Gasteiger partial charge in [-0.2, -0.15) is 10.4 Å². The fraction of sp³-hybridized carbons (Fsp3) is 0.308. The SMILES string of the molecule is N#Cc1c(F)cccc1S(=O)(=O)N[C@H]1CCCn2ncnc21. The van der Waals surface area contributed by atoms with Crippen molar-refractivity contribution >= 4 is 10.0 Å². The molecule has 0 bridgehead atoms. The topological polar surface area (TPSA) is 101 Å². The van der Waals surface area contributed by atoms with E-state index in [1.54, 1.807) is 10.8 Å². The number of rotatable bonds is 3. The molecule has 0 spiro atoms. The zero-order valence-corrected chi connectivity index (χ0v) is 12.2. The van der Waals surface area contributed by atoms with E-state index in [4.69, 9.17) is 5.26 Å². The van der Waals surface area contributed by atoms with E-state index < -0.39 is 27.4 Å². The van der Waals surface area contributed by atoms with Gasteiger partial charge in [-0.25, -0.2) is 27.2 Å². The van der Waals surface area contributed by atoms with Gasteiger partial charge in [0.15, 0.2) is 0 Å². The molecule has 9 heteroatoms. The van der Waals surface area contributed by atoms with Crippen LogP contribution in [0.4, 0.5) is 4.39 Å². The van der Waals surface area contributed by atoms with Gasteiger partial charge < -0.3 is 0 Å². The number of nitriles is 1.